The molecule has 0 N–H and O–H groups in total. The molecule has 4 aromatic rings. The van der Waals surface area contributed by atoms with Crippen LogP contribution < -0.4 is 4.57 Å². The first-order valence-electron chi connectivity index (χ1n) is 7.99. The van der Waals surface area contributed by atoms with Crippen LogP contribution in [0.25, 0.3) is 38.0 Å². The molecule has 2 aromatic carbocycles. The molecule has 0 aliphatic rings. The van der Waals surface area contributed by atoms with Crippen LogP contribution in [0.1, 0.15) is 11.1 Å². The molecule has 0 radical (unpaired) electrons. The largest absolute Gasteiger partial charge is 0.455 e. The Bertz CT molecular complexity index is 1200. The highest BCUT2D eigenvalue weighted by atomic mass is 19.1. The summed E-state index contributed by atoms with van der Waals surface area (Å²) in [7, 11) is 1.90. The van der Waals surface area contributed by atoms with Gasteiger partial charge in [-0.15, -0.1) is 0 Å². The molecule has 0 atom stereocenters. The normalized spacial score (nSPS) is 11.2. The molecule has 122 valence electrons. The molecule has 0 amide bonds. The van der Waals surface area contributed by atoms with Gasteiger partial charge < -0.3 is 4.42 Å². The predicted molar refractivity (Wildman–Crippen MR) is 96.0 cm³/mol. The van der Waals surface area contributed by atoms with Crippen molar-refractivity contribution in [3.63, 3.8) is 0 Å². The maximum atomic E-state index is 14.2. The van der Waals surface area contributed by atoms with Crippen LogP contribution in [-0.4, -0.2) is 0 Å². The highest BCUT2D eigenvalue weighted by Crippen LogP contribution is 2.38. The van der Waals surface area contributed by atoms with Crippen LogP contribution in [-0.2, 0) is 7.05 Å². The van der Waals surface area contributed by atoms with E-state index in [1.165, 1.54) is 0 Å². The van der Waals surface area contributed by atoms with Crippen LogP contribution in [0.4, 0.5) is 10.1 Å². The number of nitrogens with zero attached hydrogens (tertiary/aromatic N) is 2. The van der Waals surface area contributed by atoms with Crippen molar-refractivity contribution in [2.45, 2.75) is 13.8 Å². The van der Waals surface area contributed by atoms with E-state index in [0.29, 0.717) is 11.3 Å². The van der Waals surface area contributed by atoms with Crippen molar-refractivity contribution in [1.29, 1.82) is 0 Å². The molecule has 0 fully saturated rings. The summed E-state index contributed by atoms with van der Waals surface area (Å²) in [5, 5.41) is 1.84. The first-order valence-corrected chi connectivity index (χ1v) is 7.99. The molecule has 0 bridgehead atoms. The lowest BCUT2D eigenvalue weighted by Gasteiger charge is -2.06. The Balaban J connectivity index is 2.13. The number of hydrogen-bond donors (Lipinski definition) is 0. The van der Waals surface area contributed by atoms with Crippen LogP contribution in [0.2, 0.25) is 0 Å². The number of pyridine rings is 1. The SMILES string of the molecule is [C-]#[N+]c1ccc2oc3c(-c4cc(F)c(C)c[n+]4C)c(C)ccc3c2c1. The quantitative estimate of drug-likeness (QED) is 0.339. The third kappa shape index (κ3) is 2.28. The second-order valence-corrected chi connectivity index (χ2v) is 6.33. The van der Waals surface area contributed by atoms with E-state index in [1.54, 1.807) is 25.3 Å². The van der Waals surface area contributed by atoms with Crippen molar-refractivity contribution in [2.75, 3.05) is 0 Å². The van der Waals surface area contributed by atoms with Gasteiger partial charge in [0.15, 0.2) is 11.9 Å². The monoisotopic (exact) mass is 331 g/mol. The van der Waals surface area contributed by atoms with Crippen LogP contribution in [0.3, 0.4) is 0 Å². The number of aryl methyl sites for hydroxylation is 3. The topological polar surface area (TPSA) is 21.4 Å². The van der Waals surface area contributed by atoms with Gasteiger partial charge in [0.2, 0.25) is 5.69 Å². The maximum Gasteiger partial charge on any atom is 0.219 e. The van der Waals surface area contributed by atoms with Crippen molar-refractivity contribution in [1.82, 2.24) is 0 Å². The van der Waals surface area contributed by atoms with E-state index in [9.17, 15) is 4.39 Å². The molecule has 2 aromatic heterocycles. The number of furan rings is 1. The summed E-state index contributed by atoms with van der Waals surface area (Å²) in [6.45, 7) is 11.0. The fourth-order valence-corrected chi connectivity index (χ4v) is 3.32. The Kier molecular flexibility index (Phi) is 3.33. The summed E-state index contributed by atoms with van der Waals surface area (Å²) in [6.07, 6.45) is 1.78. The highest BCUT2D eigenvalue weighted by Gasteiger charge is 2.22. The maximum absolute atomic E-state index is 14.2. The standard InChI is InChI=1S/C21H16FN2O/c1-12-5-7-15-16-9-14(23-3)6-8-19(16)25-21(15)20(12)18-10-17(22)13(2)11-24(18)4/h5-11H,1-2,4H3/q+1. The Labute approximate surface area is 144 Å². The molecular formula is C21H16FN2O+. The van der Waals surface area contributed by atoms with Gasteiger partial charge in [-0.2, -0.15) is 0 Å². The molecule has 2 heterocycles. The van der Waals surface area contributed by atoms with Gasteiger partial charge in [0, 0.05) is 22.4 Å². The zero-order valence-electron chi connectivity index (χ0n) is 14.2. The molecular weight excluding hydrogens is 315 g/mol. The van der Waals surface area contributed by atoms with E-state index in [1.807, 2.05) is 42.8 Å². The van der Waals surface area contributed by atoms with Crippen LogP contribution in [0.5, 0.6) is 0 Å². The molecule has 0 aliphatic carbocycles. The minimum Gasteiger partial charge on any atom is -0.455 e. The fraction of sp³-hybridized carbons (Fsp3) is 0.143. The molecule has 25 heavy (non-hydrogen) atoms. The fourth-order valence-electron chi connectivity index (χ4n) is 3.32. The summed E-state index contributed by atoms with van der Waals surface area (Å²) < 4.78 is 22.2. The van der Waals surface area contributed by atoms with E-state index in [-0.39, 0.29) is 5.82 Å². The summed E-state index contributed by atoms with van der Waals surface area (Å²) in [5.41, 5.74) is 5.26. The third-order valence-electron chi connectivity index (χ3n) is 4.62. The zero-order valence-corrected chi connectivity index (χ0v) is 14.2. The Morgan fingerprint density at radius 2 is 1.84 bits per heavy atom. The van der Waals surface area contributed by atoms with E-state index >= 15 is 0 Å². The van der Waals surface area contributed by atoms with E-state index < -0.39 is 0 Å². The van der Waals surface area contributed by atoms with E-state index in [2.05, 4.69) is 4.85 Å². The van der Waals surface area contributed by atoms with Gasteiger partial charge in [-0.1, -0.05) is 18.2 Å². The lowest BCUT2D eigenvalue weighted by atomic mass is 10.00. The van der Waals surface area contributed by atoms with Crippen molar-refractivity contribution in [3.05, 3.63) is 71.0 Å². The Hall–Kier alpha value is -3.19. The average molecular weight is 331 g/mol. The number of fused-ring (bicyclic) bond motifs is 3. The van der Waals surface area contributed by atoms with Crippen molar-refractivity contribution in [2.24, 2.45) is 7.05 Å². The smallest absolute Gasteiger partial charge is 0.219 e. The summed E-state index contributed by atoms with van der Waals surface area (Å²) >= 11 is 0. The number of halogens is 1. The Morgan fingerprint density at radius 1 is 1.04 bits per heavy atom. The molecule has 0 aliphatic heterocycles. The lowest BCUT2D eigenvalue weighted by molar-refractivity contribution is -0.661. The molecule has 3 nitrogen and oxygen atoms in total. The molecule has 4 rings (SSSR count). The Morgan fingerprint density at radius 3 is 2.60 bits per heavy atom. The summed E-state index contributed by atoms with van der Waals surface area (Å²) in [5.74, 6) is -0.240. The number of rotatable bonds is 1. The number of aromatic nitrogens is 1. The summed E-state index contributed by atoms with van der Waals surface area (Å²) in [4.78, 5) is 3.50. The van der Waals surface area contributed by atoms with E-state index in [0.717, 1.165) is 38.8 Å². The molecule has 0 saturated heterocycles. The predicted octanol–water partition coefficient (Wildman–Crippen LogP) is 5.38. The minimum absolute atomic E-state index is 0.240. The highest BCUT2D eigenvalue weighted by molar-refractivity contribution is 6.10. The first-order chi connectivity index (χ1) is 12.0. The molecule has 0 saturated carbocycles. The van der Waals surface area contributed by atoms with Crippen molar-refractivity contribution < 1.29 is 13.4 Å². The van der Waals surface area contributed by atoms with Crippen LogP contribution in [0, 0.1) is 26.2 Å². The van der Waals surface area contributed by atoms with Gasteiger partial charge in [0.05, 0.1) is 12.1 Å². The van der Waals surface area contributed by atoms with Gasteiger partial charge in [-0.05, 0) is 31.5 Å². The number of benzene rings is 2. The summed E-state index contributed by atoms with van der Waals surface area (Å²) in [6, 6.07) is 11.0. The lowest BCUT2D eigenvalue weighted by Crippen LogP contribution is -2.31. The van der Waals surface area contributed by atoms with Gasteiger partial charge in [0.1, 0.15) is 24.0 Å². The second kappa shape index (κ2) is 5.42. The molecule has 4 heteroatoms. The van der Waals surface area contributed by atoms with Crippen molar-refractivity contribution in [3.8, 4) is 11.3 Å². The second-order valence-electron chi connectivity index (χ2n) is 6.33. The third-order valence-corrected chi connectivity index (χ3v) is 4.62. The number of hydrogen-bond acceptors (Lipinski definition) is 1. The van der Waals surface area contributed by atoms with Crippen LogP contribution in [0.15, 0.2) is 47.0 Å². The van der Waals surface area contributed by atoms with Crippen molar-refractivity contribution >= 4 is 27.6 Å². The van der Waals surface area contributed by atoms with Gasteiger partial charge in [-0.25, -0.2) is 13.8 Å². The van der Waals surface area contributed by atoms with E-state index in [4.69, 9.17) is 11.0 Å². The minimum atomic E-state index is -0.240. The van der Waals surface area contributed by atoms with Gasteiger partial charge in [-0.3, -0.25) is 0 Å². The van der Waals surface area contributed by atoms with Gasteiger partial charge in [0.25, 0.3) is 0 Å². The average Bonchev–Trinajstić information content (AvgIpc) is 2.96. The zero-order chi connectivity index (χ0) is 17.7. The molecule has 0 spiro atoms. The van der Waals surface area contributed by atoms with Crippen LogP contribution >= 0.6 is 0 Å². The van der Waals surface area contributed by atoms with Gasteiger partial charge >= 0.3 is 0 Å². The first kappa shape index (κ1) is 15.3. The molecule has 0 unspecified atom stereocenters.